The van der Waals surface area contributed by atoms with Crippen molar-refractivity contribution in [2.24, 2.45) is 11.7 Å². The Bertz CT molecular complexity index is 600. The van der Waals surface area contributed by atoms with Crippen molar-refractivity contribution in [1.29, 1.82) is 0 Å². The van der Waals surface area contributed by atoms with E-state index in [9.17, 15) is 12.8 Å². The molecule has 0 saturated heterocycles. The second-order valence-electron chi connectivity index (χ2n) is 5.01. The molecular weight excluding hydrogens is 299 g/mol. The van der Waals surface area contributed by atoms with Gasteiger partial charge in [-0.05, 0) is 30.5 Å². The number of rotatable bonds is 6. The van der Waals surface area contributed by atoms with Crippen molar-refractivity contribution in [3.05, 3.63) is 29.6 Å². The van der Waals surface area contributed by atoms with Gasteiger partial charge in [0.05, 0.1) is 4.90 Å². The molecule has 0 atom stereocenters. The Labute approximate surface area is 124 Å². The molecule has 1 aromatic carbocycles. The minimum Gasteiger partial charge on any atom is -0.389 e. The summed E-state index contributed by atoms with van der Waals surface area (Å²) < 4.78 is 39.4. The van der Waals surface area contributed by atoms with E-state index in [-0.39, 0.29) is 15.4 Å². The molecule has 20 heavy (non-hydrogen) atoms. The van der Waals surface area contributed by atoms with Crippen LogP contribution in [0.25, 0.3) is 0 Å². The molecular formula is C13H19FN2O2S2. The van der Waals surface area contributed by atoms with Gasteiger partial charge in [-0.1, -0.05) is 26.1 Å². The van der Waals surface area contributed by atoms with Crippen molar-refractivity contribution in [1.82, 2.24) is 4.31 Å². The molecule has 0 radical (unpaired) electrons. The predicted octanol–water partition coefficient (Wildman–Crippen LogP) is 2.13. The minimum absolute atomic E-state index is 0.00652. The van der Waals surface area contributed by atoms with Crippen LogP contribution in [0.3, 0.4) is 0 Å². The number of nitrogens with zero attached hydrogens (tertiary/aromatic N) is 1. The van der Waals surface area contributed by atoms with Gasteiger partial charge in [-0.2, -0.15) is 0 Å². The van der Waals surface area contributed by atoms with Gasteiger partial charge < -0.3 is 5.73 Å². The molecule has 0 aliphatic rings. The normalized spacial score (nSPS) is 12.1. The van der Waals surface area contributed by atoms with Crippen LogP contribution in [0.2, 0.25) is 0 Å². The molecule has 2 N–H and O–H groups in total. The van der Waals surface area contributed by atoms with Crippen LogP contribution in [-0.2, 0) is 10.0 Å². The maximum atomic E-state index is 13.5. The number of benzene rings is 1. The molecule has 0 fully saturated rings. The summed E-state index contributed by atoms with van der Waals surface area (Å²) in [5, 5.41) is 0. The summed E-state index contributed by atoms with van der Waals surface area (Å²) >= 11 is 4.71. The molecule has 4 nitrogen and oxygen atoms in total. The van der Waals surface area contributed by atoms with Crippen LogP contribution in [0.15, 0.2) is 23.1 Å². The lowest BCUT2D eigenvalue weighted by Gasteiger charge is -2.18. The van der Waals surface area contributed by atoms with E-state index >= 15 is 0 Å². The van der Waals surface area contributed by atoms with Crippen LogP contribution in [0.4, 0.5) is 4.39 Å². The molecule has 0 bridgehead atoms. The summed E-state index contributed by atoms with van der Waals surface area (Å²) in [6.45, 7) is 4.44. The van der Waals surface area contributed by atoms with Crippen molar-refractivity contribution in [3.8, 4) is 0 Å². The van der Waals surface area contributed by atoms with Crippen molar-refractivity contribution >= 4 is 27.2 Å². The second kappa shape index (κ2) is 6.60. The summed E-state index contributed by atoms with van der Waals surface area (Å²) in [5.74, 6) is -0.227. The third-order valence-corrected chi connectivity index (χ3v) is 5.01. The zero-order valence-corrected chi connectivity index (χ0v) is 13.4. The molecule has 0 amide bonds. The summed E-state index contributed by atoms with van der Waals surface area (Å²) in [4.78, 5) is -0.169. The monoisotopic (exact) mass is 318 g/mol. The molecule has 112 valence electrons. The first-order valence-electron chi connectivity index (χ1n) is 6.22. The molecule has 0 aliphatic carbocycles. The number of halogens is 1. The van der Waals surface area contributed by atoms with Crippen molar-refractivity contribution in [2.75, 3.05) is 13.6 Å². The summed E-state index contributed by atoms with van der Waals surface area (Å²) in [5.41, 5.74) is 5.33. The Balaban J connectivity index is 3.09. The number of thiocarbonyl (C=S) groups is 1. The number of nitrogens with two attached hydrogens (primary N) is 1. The third-order valence-electron chi connectivity index (χ3n) is 2.93. The first-order valence-corrected chi connectivity index (χ1v) is 8.06. The third kappa shape index (κ3) is 3.97. The summed E-state index contributed by atoms with van der Waals surface area (Å²) in [6.07, 6.45) is 0.749. The Morgan fingerprint density at radius 3 is 2.55 bits per heavy atom. The first-order chi connectivity index (χ1) is 9.16. The number of sulfonamides is 1. The van der Waals surface area contributed by atoms with Gasteiger partial charge in [0.25, 0.3) is 0 Å². The highest BCUT2D eigenvalue weighted by atomic mass is 32.2. The van der Waals surface area contributed by atoms with Gasteiger partial charge in [-0.15, -0.1) is 0 Å². The predicted molar refractivity (Wildman–Crippen MR) is 81.6 cm³/mol. The van der Waals surface area contributed by atoms with Gasteiger partial charge in [-0.25, -0.2) is 17.1 Å². The fourth-order valence-electron chi connectivity index (χ4n) is 1.59. The average molecular weight is 318 g/mol. The van der Waals surface area contributed by atoms with E-state index in [4.69, 9.17) is 18.0 Å². The fourth-order valence-corrected chi connectivity index (χ4v) is 2.96. The topological polar surface area (TPSA) is 63.4 Å². The quantitative estimate of drug-likeness (QED) is 0.816. The van der Waals surface area contributed by atoms with Crippen LogP contribution in [-0.4, -0.2) is 31.3 Å². The zero-order chi connectivity index (χ0) is 15.5. The van der Waals surface area contributed by atoms with Gasteiger partial charge in [0.2, 0.25) is 10.0 Å². The molecule has 7 heteroatoms. The van der Waals surface area contributed by atoms with Crippen LogP contribution in [0.1, 0.15) is 25.8 Å². The van der Waals surface area contributed by atoms with Gasteiger partial charge >= 0.3 is 0 Å². The Kier molecular flexibility index (Phi) is 5.61. The van der Waals surface area contributed by atoms with Crippen LogP contribution < -0.4 is 5.73 Å². The highest BCUT2D eigenvalue weighted by Gasteiger charge is 2.22. The summed E-state index contributed by atoms with van der Waals surface area (Å²) in [6, 6.07) is 3.47. The first kappa shape index (κ1) is 17.0. The number of hydrogen-bond acceptors (Lipinski definition) is 3. The molecule has 0 aliphatic heterocycles. The fraction of sp³-hybridized carbons (Fsp3) is 0.462. The smallest absolute Gasteiger partial charge is 0.242 e. The van der Waals surface area contributed by atoms with E-state index in [0.717, 1.165) is 12.5 Å². The SMILES string of the molecule is CC(C)CCN(C)S(=O)(=O)c1ccc(F)c(C(N)=S)c1. The lowest BCUT2D eigenvalue weighted by atomic mass is 10.1. The van der Waals surface area contributed by atoms with E-state index in [0.29, 0.717) is 12.5 Å². The molecule has 1 rings (SSSR count). The van der Waals surface area contributed by atoms with Crippen LogP contribution >= 0.6 is 12.2 Å². The van der Waals surface area contributed by atoms with E-state index in [1.54, 1.807) is 0 Å². The van der Waals surface area contributed by atoms with Gasteiger partial charge in [0, 0.05) is 19.2 Å². The van der Waals surface area contributed by atoms with Crippen molar-refractivity contribution in [3.63, 3.8) is 0 Å². The highest BCUT2D eigenvalue weighted by Crippen LogP contribution is 2.19. The molecule has 0 aromatic heterocycles. The highest BCUT2D eigenvalue weighted by molar-refractivity contribution is 7.89. The van der Waals surface area contributed by atoms with Crippen LogP contribution in [0, 0.1) is 11.7 Å². The van der Waals surface area contributed by atoms with Gasteiger partial charge in [0.15, 0.2) is 0 Å². The van der Waals surface area contributed by atoms with Gasteiger partial charge in [0.1, 0.15) is 10.8 Å². The second-order valence-corrected chi connectivity index (χ2v) is 7.50. The Hall–Kier alpha value is -1.05. The maximum absolute atomic E-state index is 13.5. The average Bonchev–Trinajstić information content (AvgIpc) is 2.35. The molecule has 0 saturated carbocycles. The number of hydrogen-bond donors (Lipinski definition) is 1. The Morgan fingerprint density at radius 1 is 1.45 bits per heavy atom. The molecule has 0 heterocycles. The lowest BCUT2D eigenvalue weighted by Crippen LogP contribution is -2.29. The summed E-state index contributed by atoms with van der Waals surface area (Å²) in [7, 11) is -2.15. The van der Waals surface area contributed by atoms with E-state index in [1.165, 1.54) is 23.5 Å². The standard InChI is InChI=1S/C13H19FN2O2S2/c1-9(2)6-7-16(3)20(17,18)10-4-5-12(14)11(8-10)13(15)19/h4-5,8-9H,6-7H2,1-3H3,(H2,15,19). The molecule has 0 spiro atoms. The van der Waals surface area contributed by atoms with E-state index < -0.39 is 15.8 Å². The lowest BCUT2D eigenvalue weighted by molar-refractivity contribution is 0.428. The van der Waals surface area contributed by atoms with E-state index in [2.05, 4.69) is 0 Å². The van der Waals surface area contributed by atoms with E-state index in [1.807, 2.05) is 13.8 Å². The van der Waals surface area contributed by atoms with Crippen molar-refractivity contribution < 1.29 is 12.8 Å². The largest absolute Gasteiger partial charge is 0.389 e. The maximum Gasteiger partial charge on any atom is 0.242 e. The molecule has 1 aromatic rings. The van der Waals surface area contributed by atoms with Gasteiger partial charge in [-0.3, -0.25) is 0 Å². The van der Waals surface area contributed by atoms with Crippen molar-refractivity contribution in [2.45, 2.75) is 25.2 Å². The minimum atomic E-state index is -3.66. The zero-order valence-electron chi connectivity index (χ0n) is 11.8. The Morgan fingerprint density at radius 2 is 2.05 bits per heavy atom. The molecule has 0 unspecified atom stereocenters. The van der Waals surface area contributed by atoms with Crippen LogP contribution in [0.5, 0.6) is 0 Å².